The van der Waals surface area contributed by atoms with Crippen LogP contribution in [-0.2, 0) is 13.6 Å². The SMILES string of the molecule is CCn1cc(C(=O)Nc2ccc(NC(=O)c3ccn(C)n3)cc2)cn1. The lowest BCUT2D eigenvalue weighted by molar-refractivity contribution is 0.101. The van der Waals surface area contributed by atoms with E-state index in [9.17, 15) is 9.59 Å². The predicted molar refractivity (Wildman–Crippen MR) is 93.5 cm³/mol. The fraction of sp³-hybridized carbons (Fsp3) is 0.176. The van der Waals surface area contributed by atoms with E-state index < -0.39 is 0 Å². The van der Waals surface area contributed by atoms with Crippen LogP contribution in [0.5, 0.6) is 0 Å². The second kappa shape index (κ2) is 7.00. The van der Waals surface area contributed by atoms with Crippen molar-refractivity contribution in [3.63, 3.8) is 0 Å². The summed E-state index contributed by atoms with van der Waals surface area (Å²) >= 11 is 0. The molecule has 2 heterocycles. The van der Waals surface area contributed by atoms with Gasteiger partial charge in [0.15, 0.2) is 5.69 Å². The van der Waals surface area contributed by atoms with Gasteiger partial charge in [0.25, 0.3) is 11.8 Å². The molecule has 8 nitrogen and oxygen atoms in total. The van der Waals surface area contributed by atoms with Gasteiger partial charge >= 0.3 is 0 Å². The molecule has 0 saturated heterocycles. The number of carbonyl (C=O) groups is 2. The Bertz CT molecular complexity index is 894. The molecule has 0 atom stereocenters. The molecule has 128 valence electrons. The normalized spacial score (nSPS) is 10.5. The summed E-state index contributed by atoms with van der Waals surface area (Å²) in [6, 6.07) is 8.50. The van der Waals surface area contributed by atoms with E-state index in [0.29, 0.717) is 29.2 Å². The number of nitrogens with zero attached hydrogens (tertiary/aromatic N) is 4. The van der Waals surface area contributed by atoms with Crippen LogP contribution < -0.4 is 10.6 Å². The minimum Gasteiger partial charge on any atom is -0.322 e. The molecule has 2 amide bonds. The lowest BCUT2D eigenvalue weighted by atomic mass is 10.2. The van der Waals surface area contributed by atoms with Crippen LogP contribution in [0, 0.1) is 0 Å². The molecular weight excluding hydrogens is 320 g/mol. The number of aryl methyl sites for hydroxylation is 2. The van der Waals surface area contributed by atoms with Gasteiger partial charge in [0.05, 0.1) is 11.8 Å². The van der Waals surface area contributed by atoms with E-state index in [1.54, 1.807) is 59.1 Å². The Hall–Kier alpha value is -3.42. The minimum absolute atomic E-state index is 0.232. The lowest BCUT2D eigenvalue weighted by Crippen LogP contribution is -2.13. The average Bonchev–Trinajstić information content (AvgIpc) is 3.25. The summed E-state index contributed by atoms with van der Waals surface area (Å²) < 4.78 is 3.25. The van der Waals surface area contributed by atoms with Crippen molar-refractivity contribution >= 4 is 23.2 Å². The second-order valence-electron chi connectivity index (χ2n) is 5.44. The Morgan fingerprint density at radius 1 is 1.04 bits per heavy atom. The fourth-order valence-corrected chi connectivity index (χ4v) is 2.23. The molecule has 0 unspecified atom stereocenters. The van der Waals surface area contributed by atoms with Crippen molar-refractivity contribution in [1.29, 1.82) is 0 Å². The van der Waals surface area contributed by atoms with Crippen LogP contribution in [0.2, 0.25) is 0 Å². The Balaban J connectivity index is 1.62. The number of carbonyl (C=O) groups excluding carboxylic acids is 2. The number of hydrogen-bond acceptors (Lipinski definition) is 4. The third-order valence-electron chi connectivity index (χ3n) is 3.57. The maximum Gasteiger partial charge on any atom is 0.276 e. The molecule has 0 radical (unpaired) electrons. The maximum absolute atomic E-state index is 12.1. The third kappa shape index (κ3) is 3.92. The molecule has 3 rings (SSSR count). The van der Waals surface area contributed by atoms with Gasteiger partial charge in [0.1, 0.15) is 0 Å². The molecule has 0 aliphatic rings. The highest BCUT2D eigenvalue weighted by Gasteiger charge is 2.10. The topological polar surface area (TPSA) is 93.8 Å². The van der Waals surface area contributed by atoms with Crippen LogP contribution in [0.15, 0.2) is 48.9 Å². The zero-order valence-corrected chi connectivity index (χ0v) is 13.9. The number of amides is 2. The third-order valence-corrected chi connectivity index (χ3v) is 3.57. The summed E-state index contributed by atoms with van der Waals surface area (Å²) in [5, 5.41) is 13.7. The summed E-state index contributed by atoms with van der Waals surface area (Å²) in [6.07, 6.45) is 4.92. The van der Waals surface area contributed by atoms with Gasteiger partial charge in [-0.25, -0.2) is 0 Å². The van der Waals surface area contributed by atoms with Crippen molar-refractivity contribution in [3.8, 4) is 0 Å². The summed E-state index contributed by atoms with van der Waals surface area (Å²) in [5.41, 5.74) is 2.08. The van der Waals surface area contributed by atoms with Crippen LogP contribution in [-0.4, -0.2) is 31.4 Å². The second-order valence-corrected chi connectivity index (χ2v) is 5.44. The molecule has 0 aliphatic heterocycles. The van der Waals surface area contributed by atoms with Crippen molar-refractivity contribution < 1.29 is 9.59 Å². The van der Waals surface area contributed by atoms with Gasteiger partial charge in [0, 0.05) is 37.4 Å². The van der Waals surface area contributed by atoms with Crippen LogP contribution in [0.3, 0.4) is 0 Å². The van der Waals surface area contributed by atoms with E-state index in [-0.39, 0.29) is 11.8 Å². The first-order valence-corrected chi connectivity index (χ1v) is 7.80. The molecule has 0 bridgehead atoms. The summed E-state index contributed by atoms with van der Waals surface area (Å²) in [4.78, 5) is 24.2. The molecule has 3 aromatic rings. The zero-order chi connectivity index (χ0) is 17.8. The van der Waals surface area contributed by atoms with Crippen molar-refractivity contribution in [3.05, 3.63) is 60.2 Å². The van der Waals surface area contributed by atoms with Crippen molar-refractivity contribution in [1.82, 2.24) is 19.6 Å². The molecule has 1 aromatic carbocycles. The predicted octanol–water partition coefficient (Wildman–Crippen LogP) is 2.14. The van der Waals surface area contributed by atoms with Crippen LogP contribution in [0.25, 0.3) is 0 Å². The minimum atomic E-state index is -0.288. The monoisotopic (exact) mass is 338 g/mol. The van der Waals surface area contributed by atoms with Crippen LogP contribution >= 0.6 is 0 Å². The van der Waals surface area contributed by atoms with E-state index >= 15 is 0 Å². The van der Waals surface area contributed by atoms with Crippen LogP contribution in [0.4, 0.5) is 11.4 Å². The quantitative estimate of drug-likeness (QED) is 0.745. The van der Waals surface area contributed by atoms with Gasteiger partial charge in [0.2, 0.25) is 0 Å². The molecule has 8 heteroatoms. The number of rotatable bonds is 5. The summed E-state index contributed by atoms with van der Waals surface area (Å²) in [5.74, 6) is -0.519. The number of nitrogens with one attached hydrogen (secondary N) is 2. The van der Waals surface area contributed by atoms with Crippen molar-refractivity contribution in [2.24, 2.45) is 7.05 Å². The number of hydrogen-bond donors (Lipinski definition) is 2. The van der Waals surface area contributed by atoms with E-state index in [1.165, 1.54) is 6.20 Å². The smallest absolute Gasteiger partial charge is 0.276 e. The summed E-state index contributed by atoms with van der Waals surface area (Å²) in [6.45, 7) is 2.66. The van der Waals surface area contributed by atoms with Gasteiger partial charge in [-0.1, -0.05) is 0 Å². The molecule has 2 N–H and O–H groups in total. The first-order chi connectivity index (χ1) is 12.0. The zero-order valence-electron chi connectivity index (χ0n) is 13.9. The van der Waals surface area contributed by atoms with Gasteiger partial charge in [-0.2, -0.15) is 10.2 Å². The fourth-order valence-electron chi connectivity index (χ4n) is 2.23. The molecule has 25 heavy (non-hydrogen) atoms. The first-order valence-electron chi connectivity index (χ1n) is 7.80. The van der Waals surface area contributed by atoms with Gasteiger partial charge in [-0.3, -0.25) is 19.0 Å². The highest BCUT2D eigenvalue weighted by atomic mass is 16.2. The van der Waals surface area contributed by atoms with E-state index in [0.717, 1.165) is 0 Å². The van der Waals surface area contributed by atoms with E-state index in [4.69, 9.17) is 0 Å². The summed E-state index contributed by atoms with van der Waals surface area (Å²) in [7, 11) is 1.75. The Morgan fingerprint density at radius 3 is 2.20 bits per heavy atom. The van der Waals surface area contributed by atoms with E-state index in [1.807, 2.05) is 6.92 Å². The molecule has 2 aromatic heterocycles. The van der Waals surface area contributed by atoms with E-state index in [2.05, 4.69) is 20.8 Å². The average molecular weight is 338 g/mol. The Morgan fingerprint density at radius 2 is 1.68 bits per heavy atom. The largest absolute Gasteiger partial charge is 0.322 e. The Kier molecular flexibility index (Phi) is 4.60. The number of aromatic nitrogens is 4. The molecule has 0 saturated carbocycles. The number of anilines is 2. The van der Waals surface area contributed by atoms with Crippen LogP contribution in [0.1, 0.15) is 27.8 Å². The van der Waals surface area contributed by atoms with Gasteiger partial charge < -0.3 is 10.6 Å². The van der Waals surface area contributed by atoms with Gasteiger partial charge in [-0.15, -0.1) is 0 Å². The number of benzene rings is 1. The van der Waals surface area contributed by atoms with Crippen molar-refractivity contribution in [2.45, 2.75) is 13.5 Å². The molecule has 0 spiro atoms. The Labute approximate surface area is 144 Å². The molecule has 0 fully saturated rings. The lowest BCUT2D eigenvalue weighted by Gasteiger charge is -2.06. The highest BCUT2D eigenvalue weighted by molar-refractivity contribution is 6.05. The van der Waals surface area contributed by atoms with Gasteiger partial charge in [-0.05, 0) is 37.3 Å². The first kappa shape index (κ1) is 16.4. The van der Waals surface area contributed by atoms with Crippen molar-refractivity contribution in [2.75, 3.05) is 10.6 Å². The standard InChI is InChI=1S/C17H18N6O2/c1-3-23-11-12(10-18-23)16(24)19-13-4-6-14(7-5-13)20-17(25)15-8-9-22(2)21-15/h4-11H,3H2,1-2H3,(H,19,24)(H,20,25). The maximum atomic E-state index is 12.1. The molecular formula is C17H18N6O2. The molecule has 0 aliphatic carbocycles. The highest BCUT2D eigenvalue weighted by Crippen LogP contribution is 2.15.